The molecule has 6 nitrogen and oxygen atoms in total. The van der Waals surface area contributed by atoms with Crippen molar-refractivity contribution >= 4 is 11.4 Å². The van der Waals surface area contributed by atoms with Gasteiger partial charge < -0.3 is 5.32 Å². The first-order valence-corrected chi connectivity index (χ1v) is 5.83. The summed E-state index contributed by atoms with van der Waals surface area (Å²) in [5.41, 5.74) is 1.97. The van der Waals surface area contributed by atoms with Crippen molar-refractivity contribution in [1.82, 2.24) is 20.1 Å². The van der Waals surface area contributed by atoms with Gasteiger partial charge in [0.05, 0.1) is 11.7 Å². The van der Waals surface area contributed by atoms with E-state index in [-0.39, 0.29) is 23.8 Å². The van der Waals surface area contributed by atoms with Crippen molar-refractivity contribution in [2.45, 2.75) is 27.3 Å². The molecule has 1 amide bonds. The number of hydrogen-bond acceptors (Lipinski definition) is 3. The van der Waals surface area contributed by atoms with Gasteiger partial charge in [0, 0.05) is 29.8 Å². The highest BCUT2D eigenvalue weighted by Crippen LogP contribution is 2.06. The molecule has 2 aromatic rings. The van der Waals surface area contributed by atoms with Crippen LogP contribution in [-0.4, -0.2) is 20.7 Å². The number of aromatic amines is 1. The Labute approximate surface area is 104 Å². The second-order valence-corrected chi connectivity index (χ2v) is 4.56. The van der Waals surface area contributed by atoms with Gasteiger partial charge in [0.25, 0.3) is 0 Å². The lowest BCUT2D eigenvalue weighted by molar-refractivity contribution is -0.124. The number of carbonyl (C=O) groups excluding carboxylic acids is 1. The lowest BCUT2D eigenvalue weighted by Crippen LogP contribution is -2.30. The molecule has 0 fully saturated rings. The maximum Gasteiger partial charge on any atom is 0.222 e. The Morgan fingerprint density at radius 2 is 2.28 bits per heavy atom. The van der Waals surface area contributed by atoms with E-state index in [1.54, 1.807) is 10.7 Å². The van der Waals surface area contributed by atoms with Crippen LogP contribution in [0.4, 0.5) is 0 Å². The van der Waals surface area contributed by atoms with Crippen LogP contribution in [0.1, 0.15) is 25.1 Å². The van der Waals surface area contributed by atoms with Gasteiger partial charge in [-0.3, -0.25) is 9.59 Å². The third-order valence-corrected chi connectivity index (χ3v) is 2.93. The van der Waals surface area contributed by atoms with Crippen molar-refractivity contribution < 1.29 is 4.79 Å². The summed E-state index contributed by atoms with van der Waals surface area (Å²) in [5.74, 6) is -0.160. The summed E-state index contributed by atoms with van der Waals surface area (Å²) >= 11 is 0. The Kier molecular flexibility index (Phi) is 3.18. The summed E-state index contributed by atoms with van der Waals surface area (Å²) in [5, 5.41) is 9.41. The summed E-state index contributed by atoms with van der Waals surface area (Å²) in [6.07, 6.45) is 1.59. The first kappa shape index (κ1) is 12.3. The van der Waals surface area contributed by atoms with E-state index in [1.807, 2.05) is 20.8 Å². The predicted octanol–water partition coefficient (Wildman–Crippen LogP) is 0.603. The van der Waals surface area contributed by atoms with Crippen molar-refractivity contribution in [2.75, 3.05) is 0 Å². The lowest BCUT2D eigenvalue weighted by Gasteiger charge is -2.10. The maximum atomic E-state index is 11.9. The van der Waals surface area contributed by atoms with Crippen LogP contribution in [0.3, 0.4) is 0 Å². The van der Waals surface area contributed by atoms with Crippen LogP contribution in [0.15, 0.2) is 17.1 Å². The van der Waals surface area contributed by atoms with Gasteiger partial charge in [0.2, 0.25) is 5.91 Å². The van der Waals surface area contributed by atoms with Crippen LogP contribution in [0, 0.1) is 12.8 Å². The van der Waals surface area contributed by atoms with Crippen molar-refractivity contribution in [3.8, 4) is 0 Å². The Bertz CT molecular complexity index is 639. The highest BCUT2D eigenvalue weighted by Gasteiger charge is 2.12. The van der Waals surface area contributed by atoms with Crippen LogP contribution >= 0.6 is 0 Å². The van der Waals surface area contributed by atoms with Crippen molar-refractivity contribution in [2.24, 2.45) is 5.92 Å². The Morgan fingerprint density at radius 1 is 1.56 bits per heavy atom. The number of rotatable bonds is 3. The standard InChI is InChI=1S/C12H16N4O2/c1-7(2)12(18)13-6-10-8(3)16-9(4-11(10)17)5-14-15-16/h4-5,7,15H,6H2,1-3H3,(H,13,18). The highest BCUT2D eigenvalue weighted by atomic mass is 16.2. The minimum Gasteiger partial charge on any atom is -0.352 e. The van der Waals surface area contributed by atoms with Gasteiger partial charge in [-0.2, -0.15) is 5.10 Å². The van der Waals surface area contributed by atoms with E-state index in [9.17, 15) is 9.59 Å². The fourth-order valence-electron chi connectivity index (χ4n) is 1.77. The van der Waals surface area contributed by atoms with Crippen LogP contribution in [0.2, 0.25) is 0 Å². The number of aromatic nitrogens is 3. The Balaban J connectivity index is 2.33. The molecular formula is C12H16N4O2. The van der Waals surface area contributed by atoms with E-state index in [0.717, 1.165) is 11.2 Å². The van der Waals surface area contributed by atoms with E-state index >= 15 is 0 Å². The zero-order chi connectivity index (χ0) is 13.3. The zero-order valence-electron chi connectivity index (χ0n) is 10.7. The topological polar surface area (TPSA) is 79.3 Å². The van der Waals surface area contributed by atoms with E-state index in [1.165, 1.54) is 6.07 Å². The van der Waals surface area contributed by atoms with Gasteiger partial charge in [-0.15, -0.1) is 0 Å². The fourth-order valence-corrected chi connectivity index (χ4v) is 1.77. The normalized spacial score (nSPS) is 11.1. The molecule has 0 unspecified atom stereocenters. The molecule has 0 bridgehead atoms. The molecule has 0 saturated carbocycles. The van der Waals surface area contributed by atoms with Crippen molar-refractivity contribution in [1.29, 1.82) is 0 Å². The quantitative estimate of drug-likeness (QED) is 0.835. The molecule has 0 radical (unpaired) electrons. The maximum absolute atomic E-state index is 11.9. The number of fused-ring (bicyclic) bond motifs is 1. The van der Waals surface area contributed by atoms with Gasteiger partial charge in [-0.25, -0.2) is 9.73 Å². The van der Waals surface area contributed by atoms with E-state index in [0.29, 0.717) is 5.56 Å². The molecule has 2 heterocycles. The lowest BCUT2D eigenvalue weighted by atomic mass is 10.1. The third-order valence-electron chi connectivity index (χ3n) is 2.93. The van der Waals surface area contributed by atoms with Gasteiger partial charge in [-0.05, 0) is 6.92 Å². The molecule has 2 rings (SSSR count). The molecule has 0 aliphatic heterocycles. The smallest absolute Gasteiger partial charge is 0.222 e. The number of amides is 1. The third kappa shape index (κ3) is 2.13. The fraction of sp³-hybridized carbons (Fsp3) is 0.417. The largest absolute Gasteiger partial charge is 0.352 e. The minimum absolute atomic E-state index is 0.0662. The summed E-state index contributed by atoms with van der Waals surface area (Å²) < 4.78 is 1.72. The molecule has 18 heavy (non-hydrogen) atoms. The van der Waals surface area contributed by atoms with Gasteiger partial charge >= 0.3 is 0 Å². The molecule has 2 aromatic heterocycles. The molecule has 0 aliphatic rings. The molecule has 0 atom stereocenters. The molecule has 96 valence electrons. The second kappa shape index (κ2) is 4.64. The van der Waals surface area contributed by atoms with E-state index in [2.05, 4.69) is 15.6 Å². The van der Waals surface area contributed by atoms with E-state index in [4.69, 9.17) is 0 Å². The summed E-state index contributed by atoms with van der Waals surface area (Å²) in [4.78, 5) is 23.4. The first-order valence-electron chi connectivity index (χ1n) is 5.83. The minimum atomic E-state index is -0.0936. The van der Waals surface area contributed by atoms with E-state index < -0.39 is 0 Å². The predicted molar refractivity (Wildman–Crippen MR) is 67.2 cm³/mol. The average Bonchev–Trinajstić information content (AvgIpc) is 2.76. The molecular weight excluding hydrogens is 232 g/mol. The number of H-pyrrole nitrogens is 1. The second-order valence-electron chi connectivity index (χ2n) is 4.56. The summed E-state index contributed by atoms with van der Waals surface area (Å²) in [6.45, 7) is 5.69. The van der Waals surface area contributed by atoms with Crippen molar-refractivity contribution in [3.63, 3.8) is 0 Å². The number of carbonyl (C=O) groups is 1. The number of aryl methyl sites for hydroxylation is 1. The molecule has 6 heteroatoms. The van der Waals surface area contributed by atoms with Crippen LogP contribution < -0.4 is 10.7 Å². The first-order chi connectivity index (χ1) is 8.50. The van der Waals surface area contributed by atoms with Gasteiger partial charge in [0.1, 0.15) is 0 Å². The molecule has 0 spiro atoms. The van der Waals surface area contributed by atoms with Crippen LogP contribution in [0.25, 0.3) is 5.52 Å². The molecule has 0 saturated heterocycles. The highest BCUT2D eigenvalue weighted by molar-refractivity contribution is 5.77. The van der Waals surface area contributed by atoms with Crippen LogP contribution in [0.5, 0.6) is 0 Å². The summed E-state index contributed by atoms with van der Waals surface area (Å²) in [6, 6.07) is 1.51. The molecule has 2 N–H and O–H groups in total. The van der Waals surface area contributed by atoms with Gasteiger partial charge in [0.15, 0.2) is 5.43 Å². The Hall–Kier alpha value is -2.11. The van der Waals surface area contributed by atoms with Gasteiger partial charge in [-0.1, -0.05) is 13.8 Å². The average molecular weight is 248 g/mol. The zero-order valence-corrected chi connectivity index (χ0v) is 10.7. The number of hydrogen-bond donors (Lipinski definition) is 2. The SMILES string of the molecule is Cc1c(CNC(=O)C(C)C)c(=O)cc2cn[nH]n12. The monoisotopic (exact) mass is 248 g/mol. The molecule has 0 aliphatic carbocycles. The van der Waals surface area contributed by atoms with Crippen molar-refractivity contribution in [3.05, 3.63) is 33.7 Å². The number of pyridine rings is 1. The molecule has 0 aromatic carbocycles. The summed E-state index contributed by atoms with van der Waals surface area (Å²) in [7, 11) is 0. The Morgan fingerprint density at radius 3 is 2.94 bits per heavy atom. The number of nitrogens with one attached hydrogen (secondary N) is 2. The number of nitrogens with zero attached hydrogens (tertiary/aromatic N) is 2. The van der Waals surface area contributed by atoms with Crippen LogP contribution in [-0.2, 0) is 11.3 Å².